The first-order valence-corrected chi connectivity index (χ1v) is 11.1. The molecule has 8 nitrogen and oxygen atoms in total. The van der Waals surface area contributed by atoms with Crippen LogP contribution in [0.2, 0.25) is 0 Å². The largest absolute Gasteiger partial charge is 0.493 e. The third kappa shape index (κ3) is 6.18. The molecule has 1 unspecified atom stereocenters. The van der Waals surface area contributed by atoms with Crippen LogP contribution in [0.1, 0.15) is 69.1 Å². The van der Waals surface area contributed by atoms with Crippen molar-refractivity contribution in [2.24, 2.45) is 5.92 Å². The molecule has 1 amide bonds. The van der Waals surface area contributed by atoms with E-state index in [1.54, 1.807) is 18.2 Å². The van der Waals surface area contributed by atoms with Gasteiger partial charge in [-0.1, -0.05) is 34.6 Å². The second-order valence-electron chi connectivity index (χ2n) is 8.10. The summed E-state index contributed by atoms with van der Waals surface area (Å²) in [6, 6.07) is 3.82. The number of carbonyl (C=O) groups is 2. The summed E-state index contributed by atoms with van der Waals surface area (Å²) in [5, 5.41) is 12.0. The molecule has 32 heavy (non-hydrogen) atoms. The quantitative estimate of drug-likeness (QED) is 0.488. The fourth-order valence-electron chi connectivity index (χ4n) is 3.46. The molecule has 0 saturated heterocycles. The number of aryl methyl sites for hydroxylation is 1. The Morgan fingerprint density at radius 2 is 1.91 bits per heavy atom. The summed E-state index contributed by atoms with van der Waals surface area (Å²) in [5.41, 5.74) is 1.87. The highest BCUT2D eigenvalue weighted by Gasteiger charge is 2.23. The summed E-state index contributed by atoms with van der Waals surface area (Å²) in [6.07, 6.45) is 2.27. The van der Waals surface area contributed by atoms with Crippen LogP contribution in [-0.4, -0.2) is 39.6 Å². The molecule has 1 heterocycles. The van der Waals surface area contributed by atoms with Crippen molar-refractivity contribution in [2.75, 3.05) is 6.61 Å². The van der Waals surface area contributed by atoms with Crippen molar-refractivity contribution in [3.8, 4) is 17.1 Å². The second-order valence-corrected chi connectivity index (χ2v) is 8.10. The van der Waals surface area contributed by atoms with E-state index in [0.717, 1.165) is 6.42 Å². The molecule has 0 aliphatic rings. The van der Waals surface area contributed by atoms with E-state index in [1.165, 1.54) is 0 Å². The molecule has 0 bridgehead atoms. The molecule has 0 aliphatic heterocycles. The van der Waals surface area contributed by atoms with Crippen molar-refractivity contribution in [3.63, 3.8) is 0 Å². The van der Waals surface area contributed by atoms with Gasteiger partial charge in [0.05, 0.1) is 17.9 Å². The topological polar surface area (TPSA) is 121 Å². The standard InChI is InChI=1S/C24H33N3O5/c1-6-11-32-20-10-9-15(22(28)26-19(24(30)31)12-14(4)5)13-17(20)21-25-18(8-3)16(7-2)23(29)27-21/h9-10,13-14,19H,6-8,11-12H2,1-5H3,(H,26,28)(H,30,31)(H,25,27,29). The van der Waals surface area contributed by atoms with Crippen molar-refractivity contribution in [2.45, 2.75) is 66.3 Å². The Labute approximate surface area is 188 Å². The molecule has 0 spiro atoms. The van der Waals surface area contributed by atoms with Gasteiger partial charge in [0.25, 0.3) is 11.5 Å². The molecule has 0 radical (unpaired) electrons. The lowest BCUT2D eigenvalue weighted by molar-refractivity contribution is -0.139. The molecule has 2 aromatic rings. The Morgan fingerprint density at radius 3 is 2.47 bits per heavy atom. The van der Waals surface area contributed by atoms with E-state index in [9.17, 15) is 19.5 Å². The molecule has 1 atom stereocenters. The van der Waals surface area contributed by atoms with Crippen LogP contribution in [0.4, 0.5) is 0 Å². The van der Waals surface area contributed by atoms with E-state index in [1.807, 2.05) is 34.6 Å². The zero-order valence-corrected chi connectivity index (χ0v) is 19.4. The maximum Gasteiger partial charge on any atom is 0.326 e. The fourth-order valence-corrected chi connectivity index (χ4v) is 3.46. The van der Waals surface area contributed by atoms with Gasteiger partial charge in [-0.05, 0) is 49.8 Å². The van der Waals surface area contributed by atoms with Gasteiger partial charge in [0, 0.05) is 11.1 Å². The number of carbonyl (C=O) groups excluding carboxylic acids is 1. The van der Waals surface area contributed by atoms with Crippen LogP contribution in [0, 0.1) is 5.92 Å². The molecule has 2 rings (SSSR count). The average molecular weight is 444 g/mol. The minimum Gasteiger partial charge on any atom is -0.493 e. The van der Waals surface area contributed by atoms with Crippen LogP contribution in [0.25, 0.3) is 11.4 Å². The van der Waals surface area contributed by atoms with Gasteiger partial charge in [-0.15, -0.1) is 0 Å². The Hall–Kier alpha value is -3.16. The van der Waals surface area contributed by atoms with Crippen molar-refractivity contribution in [3.05, 3.63) is 45.4 Å². The third-order valence-electron chi connectivity index (χ3n) is 5.06. The number of aromatic amines is 1. The highest BCUT2D eigenvalue weighted by molar-refractivity contribution is 5.98. The molecular weight excluding hydrogens is 410 g/mol. The molecule has 1 aromatic carbocycles. The van der Waals surface area contributed by atoms with Gasteiger partial charge in [-0.2, -0.15) is 0 Å². The summed E-state index contributed by atoms with van der Waals surface area (Å²) in [5.74, 6) is -0.666. The van der Waals surface area contributed by atoms with Gasteiger partial charge in [0.1, 0.15) is 17.6 Å². The molecule has 8 heteroatoms. The average Bonchev–Trinajstić information content (AvgIpc) is 2.75. The number of rotatable bonds is 11. The maximum absolute atomic E-state index is 12.8. The van der Waals surface area contributed by atoms with Crippen LogP contribution >= 0.6 is 0 Å². The second kappa shape index (κ2) is 11.5. The smallest absolute Gasteiger partial charge is 0.326 e. The van der Waals surface area contributed by atoms with Crippen LogP contribution in [0.15, 0.2) is 23.0 Å². The zero-order valence-electron chi connectivity index (χ0n) is 19.4. The minimum atomic E-state index is -1.08. The Bertz CT molecular complexity index is 1010. The van der Waals surface area contributed by atoms with Crippen molar-refractivity contribution >= 4 is 11.9 Å². The molecule has 3 N–H and O–H groups in total. The van der Waals surface area contributed by atoms with Crippen LogP contribution in [0.3, 0.4) is 0 Å². The number of aromatic nitrogens is 2. The summed E-state index contributed by atoms with van der Waals surface area (Å²) in [4.78, 5) is 44.4. The first-order chi connectivity index (χ1) is 15.2. The summed E-state index contributed by atoms with van der Waals surface area (Å²) in [7, 11) is 0. The Morgan fingerprint density at radius 1 is 1.19 bits per heavy atom. The lowest BCUT2D eigenvalue weighted by Crippen LogP contribution is -2.41. The van der Waals surface area contributed by atoms with E-state index in [-0.39, 0.29) is 17.0 Å². The Kier molecular flexibility index (Phi) is 8.99. The number of ether oxygens (including phenoxy) is 1. The van der Waals surface area contributed by atoms with Gasteiger partial charge < -0.3 is 20.1 Å². The van der Waals surface area contributed by atoms with E-state index in [4.69, 9.17) is 4.74 Å². The number of amides is 1. The van der Waals surface area contributed by atoms with Crippen molar-refractivity contribution in [1.29, 1.82) is 0 Å². The number of H-pyrrole nitrogens is 1. The van der Waals surface area contributed by atoms with E-state index >= 15 is 0 Å². The lowest BCUT2D eigenvalue weighted by Gasteiger charge is -2.17. The van der Waals surface area contributed by atoms with E-state index < -0.39 is 17.9 Å². The fraction of sp³-hybridized carbons (Fsp3) is 0.500. The third-order valence-corrected chi connectivity index (χ3v) is 5.06. The maximum atomic E-state index is 12.8. The van der Waals surface area contributed by atoms with Gasteiger partial charge >= 0.3 is 5.97 Å². The molecule has 1 aromatic heterocycles. The number of aliphatic carboxylic acids is 1. The van der Waals surface area contributed by atoms with Crippen molar-refractivity contribution in [1.82, 2.24) is 15.3 Å². The van der Waals surface area contributed by atoms with Gasteiger partial charge in [0.15, 0.2) is 0 Å². The molecule has 174 valence electrons. The highest BCUT2D eigenvalue weighted by atomic mass is 16.5. The Balaban J connectivity index is 2.51. The normalized spacial score (nSPS) is 11.9. The number of nitrogens with one attached hydrogen (secondary N) is 2. The van der Waals surface area contributed by atoms with E-state index in [2.05, 4.69) is 15.3 Å². The highest BCUT2D eigenvalue weighted by Crippen LogP contribution is 2.29. The van der Waals surface area contributed by atoms with E-state index in [0.29, 0.717) is 54.3 Å². The first kappa shape index (κ1) is 25.1. The van der Waals surface area contributed by atoms with Gasteiger partial charge in [-0.3, -0.25) is 9.59 Å². The van der Waals surface area contributed by atoms with Crippen LogP contribution in [-0.2, 0) is 17.6 Å². The number of hydrogen-bond acceptors (Lipinski definition) is 5. The van der Waals surface area contributed by atoms with Crippen LogP contribution < -0.4 is 15.6 Å². The van der Waals surface area contributed by atoms with Gasteiger partial charge in [-0.25, -0.2) is 9.78 Å². The first-order valence-electron chi connectivity index (χ1n) is 11.1. The predicted octanol–water partition coefficient (Wildman–Crippen LogP) is 3.58. The minimum absolute atomic E-state index is 0.107. The number of hydrogen-bond donors (Lipinski definition) is 3. The number of carboxylic acids is 1. The lowest BCUT2D eigenvalue weighted by atomic mass is 10.0. The summed E-state index contributed by atoms with van der Waals surface area (Å²) < 4.78 is 5.83. The summed E-state index contributed by atoms with van der Waals surface area (Å²) in [6.45, 7) is 10.1. The molecule has 0 saturated carbocycles. The molecule has 0 aliphatic carbocycles. The zero-order chi connectivity index (χ0) is 23.8. The number of carboxylic acid groups (broad SMARTS) is 1. The molecular formula is C24H33N3O5. The van der Waals surface area contributed by atoms with Crippen LogP contribution in [0.5, 0.6) is 5.75 Å². The molecule has 0 fully saturated rings. The van der Waals surface area contributed by atoms with Gasteiger partial charge in [0.2, 0.25) is 0 Å². The monoisotopic (exact) mass is 443 g/mol. The summed E-state index contributed by atoms with van der Waals surface area (Å²) >= 11 is 0. The predicted molar refractivity (Wildman–Crippen MR) is 123 cm³/mol. The SMILES string of the molecule is CCCOc1ccc(C(=O)NC(CC(C)C)C(=O)O)cc1-c1nc(CC)c(CC)c(=O)[nH]1. The number of benzene rings is 1. The number of nitrogens with zero attached hydrogens (tertiary/aromatic N) is 1. The van der Waals surface area contributed by atoms with Crippen molar-refractivity contribution < 1.29 is 19.4 Å².